The maximum atomic E-state index is 6.04. The van der Waals surface area contributed by atoms with Crippen LogP contribution in [0, 0.1) is 13.8 Å². The van der Waals surface area contributed by atoms with E-state index >= 15 is 0 Å². The van der Waals surface area contributed by atoms with Crippen molar-refractivity contribution in [2.24, 2.45) is 0 Å². The van der Waals surface area contributed by atoms with Crippen molar-refractivity contribution in [3.8, 4) is 5.75 Å². The zero-order chi connectivity index (χ0) is 15.8. The molecule has 1 aliphatic rings. The number of pyridine rings is 1. The van der Waals surface area contributed by atoms with Crippen LogP contribution >= 0.6 is 11.3 Å². The summed E-state index contributed by atoms with van der Waals surface area (Å²) < 4.78 is 8.29. The number of thiazole rings is 1. The fourth-order valence-corrected chi connectivity index (χ4v) is 4.05. The van der Waals surface area contributed by atoms with Crippen molar-refractivity contribution in [1.82, 2.24) is 19.3 Å². The van der Waals surface area contributed by atoms with Crippen molar-refractivity contribution >= 4 is 16.3 Å². The van der Waals surface area contributed by atoms with Gasteiger partial charge in [-0.05, 0) is 32.4 Å². The lowest BCUT2D eigenvalue weighted by Gasteiger charge is -2.17. The molecule has 0 aromatic carbocycles. The first-order valence-electron chi connectivity index (χ1n) is 7.92. The van der Waals surface area contributed by atoms with E-state index in [1.54, 1.807) is 23.7 Å². The van der Waals surface area contributed by atoms with Crippen LogP contribution in [-0.4, -0.2) is 38.5 Å². The van der Waals surface area contributed by atoms with Crippen molar-refractivity contribution in [2.45, 2.75) is 32.9 Å². The Morgan fingerprint density at radius 2 is 2.13 bits per heavy atom. The highest BCUT2D eigenvalue weighted by atomic mass is 32.1. The smallest absolute Gasteiger partial charge is 0.194 e. The van der Waals surface area contributed by atoms with E-state index in [-0.39, 0.29) is 6.10 Å². The Balaban J connectivity index is 1.44. The summed E-state index contributed by atoms with van der Waals surface area (Å²) in [4.78, 5) is 13.6. The van der Waals surface area contributed by atoms with Crippen LogP contribution in [0.4, 0.5) is 0 Å². The van der Waals surface area contributed by atoms with Gasteiger partial charge in [-0.3, -0.25) is 14.3 Å². The van der Waals surface area contributed by atoms with Crippen molar-refractivity contribution in [3.63, 3.8) is 0 Å². The number of rotatable bonds is 4. The van der Waals surface area contributed by atoms with Gasteiger partial charge in [0.15, 0.2) is 4.96 Å². The zero-order valence-corrected chi connectivity index (χ0v) is 14.2. The molecule has 0 spiro atoms. The van der Waals surface area contributed by atoms with Gasteiger partial charge in [0.1, 0.15) is 11.9 Å². The second kappa shape index (κ2) is 5.94. The molecule has 1 saturated heterocycles. The van der Waals surface area contributed by atoms with Crippen LogP contribution in [0.2, 0.25) is 0 Å². The van der Waals surface area contributed by atoms with Gasteiger partial charge < -0.3 is 4.74 Å². The summed E-state index contributed by atoms with van der Waals surface area (Å²) in [6.45, 7) is 7.18. The third kappa shape index (κ3) is 2.96. The summed E-state index contributed by atoms with van der Waals surface area (Å²) in [5, 5.41) is 0. The molecule has 23 heavy (non-hydrogen) atoms. The van der Waals surface area contributed by atoms with E-state index < -0.39 is 0 Å². The van der Waals surface area contributed by atoms with Crippen molar-refractivity contribution in [2.75, 3.05) is 13.1 Å². The number of imidazole rings is 1. The first kappa shape index (κ1) is 14.7. The Morgan fingerprint density at radius 1 is 1.30 bits per heavy atom. The van der Waals surface area contributed by atoms with Crippen LogP contribution in [0.15, 0.2) is 30.7 Å². The first-order valence-corrected chi connectivity index (χ1v) is 8.74. The highest BCUT2D eigenvalue weighted by molar-refractivity contribution is 7.17. The maximum Gasteiger partial charge on any atom is 0.194 e. The minimum atomic E-state index is 0.255. The lowest BCUT2D eigenvalue weighted by atomic mass is 10.3. The Bertz CT molecular complexity index is 811. The molecule has 1 unspecified atom stereocenters. The molecule has 4 rings (SSSR count). The molecule has 3 aromatic rings. The Hall–Kier alpha value is -1.92. The molecule has 4 heterocycles. The zero-order valence-electron chi connectivity index (χ0n) is 13.4. The van der Waals surface area contributed by atoms with Crippen LogP contribution in [0.25, 0.3) is 4.96 Å². The van der Waals surface area contributed by atoms with Gasteiger partial charge in [-0.25, -0.2) is 4.98 Å². The van der Waals surface area contributed by atoms with E-state index in [1.807, 2.05) is 12.1 Å². The quantitative estimate of drug-likeness (QED) is 0.738. The number of aryl methyl sites for hydroxylation is 2. The number of aromatic nitrogens is 3. The monoisotopic (exact) mass is 328 g/mol. The number of hydrogen-bond donors (Lipinski definition) is 0. The van der Waals surface area contributed by atoms with Crippen LogP contribution in [0.3, 0.4) is 0 Å². The highest BCUT2D eigenvalue weighted by Gasteiger charge is 2.25. The Kier molecular flexibility index (Phi) is 3.79. The SMILES string of the molecule is Cc1cn2c(CN3CCC(Oc4ccncc4)C3)c(C)nc2s1. The van der Waals surface area contributed by atoms with E-state index in [4.69, 9.17) is 4.74 Å². The molecule has 3 aromatic heterocycles. The molecule has 1 fully saturated rings. The van der Waals surface area contributed by atoms with Crippen LogP contribution in [-0.2, 0) is 6.54 Å². The van der Waals surface area contributed by atoms with Crippen LogP contribution in [0.1, 0.15) is 22.7 Å². The highest BCUT2D eigenvalue weighted by Crippen LogP contribution is 2.24. The Morgan fingerprint density at radius 3 is 2.96 bits per heavy atom. The normalized spacial score (nSPS) is 18.8. The summed E-state index contributed by atoms with van der Waals surface area (Å²) in [6.07, 6.45) is 7.05. The topological polar surface area (TPSA) is 42.7 Å². The summed E-state index contributed by atoms with van der Waals surface area (Å²) >= 11 is 1.75. The predicted octanol–water partition coefficient (Wildman–Crippen LogP) is 3.06. The number of nitrogens with zero attached hydrogens (tertiary/aromatic N) is 4. The van der Waals surface area contributed by atoms with Gasteiger partial charge in [-0.15, -0.1) is 11.3 Å². The molecule has 1 aliphatic heterocycles. The van der Waals surface area contributed by atoms with Gasteiger partial charge >= 0.3 is 0 Å². The molecule has 0 N–H and O–H groups in total. The summed E-state index contributed by atoms with van der Waals surface area (Å²) in [5.41, 5.74) is 2.43. The van der Waals surface area contributed by atoms with E-state index in [0.717, 1.165) is 42.5 Å². The second-order valence-corrected chi connectivity index (χ2v) is 7.30. The molecule has 0 bridgehead atoms. The van der Waals surface area contributed by atoms with E-state index in [2.05, 4.69) is 39.3 Å². The van der Waals surface area contributed by atoms with E-state index in [1.165, 1.54) is 10.6 Å². The largest absolute Gasteiger partial charge is 0.489 e. The minimum Gasteiger partial charge on any atom is -0.489 e. The van der Waals surface area contributed by atoms with Gasteiger partial charge in [-0.2, -0.15) is 0 Å². The number of fused-ring (bicyclic) bond motifs is 1. The van der Waals surface area contributed by atoms with Crippen molar-refractivity contribution in [1.29, 1.82) is 0 Å². The second-order valence-electron chi connectivity index (χ2n) is 6.08. The molecule has 5 nitrogen and oxygen atoms in total. The number of likely N-dealkylation sites (tertiary alicyclic amines) is 1. The van der Waals surface area contributed by atoms with Gasteiger partial charge in [0.05, 0.1) is 11.4 Å². The van der Waals surface area contributed by atoms with Gasteiger partial charge in [0.25, 0.3) is 0 Å². The number of hydrogen-bond acceptors (Lipinski definition) is 5. The molecule has 0 amide bonds. The standard InChI is InChI=1S/C17H20N4OS/c1-12-9-21-16(13(2)19-17(21)23-12)11-20-8-5-15(10-20)22-14-3-6-18-7-4-14/h3-4,6-7,9,15H,5,8,10-11H2,1-2H3. The van der Waals surface area contributed by atoms with Crippen molar-refractivity contribution in [3.05, 3.63) is 47.0 Å². The lowest BCUT2D eigenvalue weighted by molar-refractivity contribution is 0.197. The molecular weight excluding hydrogens is 308 g/mol. The predicted molar refractivity (Wildman–Crippen MR) is 91.1 cm³/mol. The summed E-state index contributed by atoms with van der Waals surface area (Å²) in [6, 6.07) is 3.84. The van der Waals surface area contributed by atoms with E-state index in [0.29, 0.717) is 0 Å². The van der Waals surface area contributed by atoms with Crippen molar-refractivity contribution < 1.29 is 4.74 Å². The first-order chi connectivity index (χ1) is 11.2. The number of ether oxygens (including phenoxy) is 1. The van der Waals surface area contributed by atoms with Crippen LogP contribution < -0.4 is 4.74 Å². The minimum absolute atomic E-state index is 0.255. The molecule has 120 valence electrons. The van der Waals surface area contributed by atoms with Gasteiger partial charge in [0.2, 0.25) is 0 Å². The molecule has 6 heteroatoms. The average Bonchev–Trinajstić information content (AvgIpc) is 3.18. The lowest BCUT2D eigenvalue weighted by Crippen LogP contribution is -2.25. The van der Waals surface area contributed by atoms with Crippen LogP contribution in [0.5, 0.6) is 5.75 Å². The van der Waals surface area contributed by atoms with E-state index in [9.17, 15) is 0 Å². The Labute approximate surface area is 139 Å². The maximum absolute atomic E-state index is 6.04. The molecular formula is C17H20N4OS. The average molecular weight is 328 g/mol. The third-order valence-corrected chi connectivity index (χ3v) is 5.19. The van der Waals surface area contributed by atoms with Gasteiger partial charge in [0, 0.05) is 43.1 Å². The third-order valence-electron chi connectivity index (χ3n) is 4.30. The summed E-state index contributed by atoms with van der Waals surface area (Å²) in [5.74, 6) is 0.906. The molecule has 1 atom stereocenters. The summed E-state index contributed by atoms with van der Waals surface area (Å²) in [7, 11) is 0. The van der Waals surface area contributed by atoms with Gasteiger partial charge in [-0.1, -0.05) is 0 Å². The molecule has 0 aliphatic carbocycles. The molecule has 0 radical (unpaired) electrons. The molecule has 0 saturated carbocycles. The fourth-order valence-electron chi connectivity index (χ4n) is 3.16. The fraction of sp³-hybridized carbons (Fsp3) is 0.412.